The molecule has 6 heteroatoms. The second-order valence-electron chi connectivity index (χ2n) is 6.41. The molecule has 0 spiro atoms. The van der Waals surface area contributed by atoms with E-state index in [1.807, 2.05) is 29.2 Å². The van der Waals surface area contributed by atoms with Gasteiger partial charge in [0.25, 0.3) is 0 Å². The highest BCUT2D eigenvalue weighted by Gasteiger charge is 2.21. The molecule has 3 rings (SSSR count). The van der Waals surface area contributed by atoms with Crippen molar-refractivity contribution in [2.75, 3.05) is 26.2 Å². The van der Waals surface area contributed by atoms with Gasteiger partial charge in [0.1, 0.15) is 5.01 Å². The molecule has 1 amide bonds. The van der Waals surface area contributed by atoms with Gasteiger partial charge in [0.2, 0.25) is 5.91 Å². The standard InChI is InChI=1S/C19H24ClN3OS/c1-2-3-4-18(24)23-11-9-22(10-12-23)13-17-14-25-19(21-17)15-5-7-16(20)8-6-15/h5-8,14H,2-4,9-13H2,1H3. The number of hydrogen-bond acceptors (Lipinski definition) is 4. The molecule has 0 unspecified atom stereocenters. The number of unbranched alkanes of at least 4 members (excludes halogenated alkanes) is 1. The average molecular weight is 378 g/mol. The molecule has 1 aliphatic rings. The zero-order valence-corrected chi connectivity index (χ0v) is 16.2. The Morgan fingerprint density at radius 1 is 1.20 bits per heavy atom. The van der Waals surface area contributed by atoms with E-state index in [-0.39, 0.29) is 0 Å². The number of amides is 1. The number of aromatic nitrogens is 1. The molecule has 0 bridgehead atoms. The van der Waals surface area contributed by atoms with Crippen molar-refractivity contribution in [1.82, 2.24) is 14.8 Å². The second kappa shape index (κ2) is 8.79. The molecule has 1 aromatic carbocycles. The molecule has 0 saturated carbocycles. The van der Waals surface area contributed by atoms with Gasteiger partial charge in [0.15, 0.2) is 0 Å². The van der Waals surface area contributed by atoms with Crippen molar-refractivity contribution in [2.24, 2.45) is 0 Å². The van der Waals surface area contributed by atoms with Gasteiger partial charge in [-0.25, -0.2) is 4.98 Å². The predicted octanol–water partition coefficient (Wildman–Crippen LogP) is 4.30. The number of carbonyl (C=O) groups is 1. The summed E-state index contributed by atoms with van der Waals surface area (Å²) in [5.41, 5.74) is 2.20. The highest BCUT2D eigenvalue weighted by atomic mass is 35.5. The first-order chi connectivity index (χ1) is 12.2. The second-order valence-corrected chi connectivity index (χ2v) is 7.71. The van der Waals surface area contributed by atoms with E-state index in [1.54, 1.807) is 11.3 Å². The molecule has 1 aliphatic heterocycles. The lowest BCUT2D eigenvalue weighted by atomic mass is 10.2. The summed E-state index contributed by atoms with van der Waals surface area (Å²) >= 11 is 7.61. The van der Waals surface area contributed by atoms with Gasteiger partial charge in [-0.05, 0) is 18.6 Å². The number of halogens is 1. The summed E-state index contributed by atoms with van der Waals surface area (Å²) in [5, 5.41) is 3.90. The first kappa shape index (κ1) is 18.4. The van der Waals surface area contributed by atoms with Gasteiger partial charge >= 0.3 is 0 Å². The molecule has 4 nitrogen and oxygen atoms in total. The topological polar surface area (TPSA) is 36.4 Å². The maximum atomic E-state index is 12.1. The van der Waals surface area contributed by atoms with Crippen LogP contribution in [0, 0.1) is 0 Å². The lowest BCUT2D eigenvalue weighted by Crippen LogP contribution is -2.48. The van der Waals surface area contributed by atoms with Gasteiger partial charge in [-0.2, -0.15) is 0 Å². The van der Waals surface area contributed by atoms with Crippen LogP contribution in [0.25, 0.3) is 10.6 Å². The summed E-state index contributed by atoms with van der Waals surface area (Å²) in [7, 11) is 0. The van der Waals surface area contributed by atoms with E-state index >= 15 is 0 Å². The van der Waals surface area contributed by atoms with Gasteiger partial charge in [0, 0.05) is 55.1 Å². The minimum Gasteiger partial charge on any atom is -0.340 e. The minimum atomic E-state index is 0.306. The number of hydrogen-bond donors (Lipinski definition) is 0. The molecular formula is C19H24ClN3OS. The highest BCUT2D eigenvalue weighted by molar-refractivity contribution is 7.13. The van der Waals surface area contributed by atoms with E-state index in [2.05, 4.69) is 17.2 Å². The number of thiazole rings is 1. The molecule has 25 heavy (non-hydrogen) atoms. The zero-order chi connectivity index (χ0) is 17.6. The van der Waals surface area contributed by atoms with Crippen LogP contribution in [-0.2, 0) is 11.3 Å². The fraction of sp³-hybridized carbons (Fsp3) is 0.474. The fourth-order valence-electron chi connectivity index (χ4n) is 2.98. The van der Waals surface area contributed by atoms with E-state index < -0.39 is 0 Å². The van der Waals surface area contributed by atoms with Crippen molar-refractivity contribution < 1.29 is 4.79 Å². The lowest BCUT2D eigenvalue weighted by molar-refractivity contribution is -0.133. The van der Waals surface area contributed by atoms with E-state index in [1.165, 1.54) is 0 Å². The minimum absolute atomic E-state index is 0.306. The van der Waals surface area contributed by atoms with Crippen molar-refractivity contribution in [1.29, 1.82) is 0 Å². The summed E-state index contributed by atoms with van der Waals surface area (Å²) in [5.74, 6) is 0.306. The van der Waals surface area contributed by atoms with Gasteiger partial charge in [-0.3, -0.25) is 9.69 Å². The number of piperazine rings is 1. The fourth-order valence-corrected chi connectivity index (χ4v) is 3.92. The van der Waals surface area contributed by atoms with Crippen LogP contribution in [0.1, 0.15) is 31.9 Å². The summed E-state index contributed by atoms with van der Waals surface area (Å²) in [6.45, 7) is 6.48. The first-order valence-electron chi connectivity index (χ1n) is 8.86. The first-order valence-corrected chi connectivity index (χ1v) is 10.1. The maximum absolute atomic E-state index is 12.1. The Bertz CT molecular complexity index is 693. The van der Waals surface area contributed by atoms with E-state index in [0.29, 0.717) is 12.3 Å². The predicted molar refractivity (Wildman–Crippen MR) is 104 cm³/mol. The van der Waals surface area contributed by atoms with Crippen LogP contribution in [0.4, 0.5) is 0 Å². The average Bonchev–Trinajstić information content (AvgIpc) is 3.09. The monoisotopic (exact) mass is 377 g/mol. The molecule has 2 aromatic rings. The molecule has 0 aliphatic carbocycles. The Morgan fingerprint density at radius 2 is 1.92 bits per heavy atom. The van der Waals surface area contributed by atoms with Crippen molar-refractivity contribution >= 4 is 28.8 Å². The van der Waals surface area contributed by atoms with Gasteiger partial charge in [-0.15, -0.1) is 11.3 Å². The van der Waals surface area contributed by atoms with E-state index in [9.17, 15) is 4.79 Å². The smallest absolute Gasteiger partial charge is 0.222 e. The van der Waals surface area contributed by atoms with Crippen molar-refractivity contribution in [2.45, 2.75) is 32.7 Å². The Kier molecular flexibility index (Phi) is 6.45. The zero-order valence-electron chi connectivity index (χ0n) is 14.6. The van der Waals surface area contributed by atoms with Gasteiger partial charge < -0.3 is 4.90 Å². The number of rotatable bonds is 6. The number of carbonyl (C=O) groups excluding carboxylic acids is 1. The van der Waals surface area contributed by atoms with Crippen LogP contribution in [0.3, 0.4) is 0 Å². The van der Waals surface area contributed by atoms with Crippen molar-refractivity contribution in [3.05, 3.63) is 40.4 Å². The SMILES string of the molecule is CCCCC(=O)N1CCN(Cc2csc(-c3ccc(Cl)cc3)n2)CC1. The Morgan fingerprint density at radius 3 is 2.60 bits per heavy atom. The molecule has 0 atom stereocenters. The Labute approximate surface area is 158 Å². The van der Waals surface area contributed by atoms with Gasteiger partial charge in [0.05, 0.1) is 5.69 Å². The third kappa shape index (κ3) is 5.03. The van der Waals surface area contributed by atoms with Crippen molar-refractivity contribution in [3.63, 3.8) is 0 Å². The molecule has 0 radical (unpaired) electrons. The molecular weight excluding hydrogens is 354 g/mol. The molecule has 134 valence electrons. The molecule has 1 fully saturated rings. The van der Waals surface area contributed by atoms with Gasteiger partial charge in [-0.1, -0.05) is 37.1 Å². The Hall–Kier alpha value is -1.43. The Balaban J connectivity index is 1.51. The molecule has 1 aromatic heterocycles. The van der Waals surface area contributed by atoms with Crippen LogP contribution in [-0.4, -0.2) is 46.9 Å². The van der Waals surface area contributed by atoms with Crippen LogP contribution in [0.5, 0.6) is 0 Å². The molecule has 2 heterocycles. The summed E-state index contributed by atoms with van der Waals surface area (Å²) in [6, 6.07) is 7.80. The number of benzene rings is 1. The van der Waals surface area contributed by atoms with Crippen molar-refractivity contribution in [3.8, 4) is 10.6 Å². The molecule has 1 saturated heterocycles. The quantitative estimate of drug-likeness (QED) is 0.753. The van der Waals surface area contributed by atoms with Crippen LogP contribution in [0.15, 0.2) is 29.6 Å². The maximum Gasteiger partial charge on any atom is 0.222 e. The van der Waals surface area contributed by atoms with Crippen LogP contribution in [0.2, 0.25) is 5.02 Å². The third-order valence-corrected chi connectivity index (χ3v) is 5.69. The normalized spacial score (nSPS) is 15.5. The van der Waals surface area contributed by atoms with E-state index in [0.717, 1.165) is 66.9 Å². The van der Waals surface area contributed by atoms with Crippen LogP contribution < -0.4 is 0 Å². The van der Waals surface area contributed by atoms with Crippen LogP contribution >= 0.6 is 22.9 Å². The highest BCUT2D eigenvalue weighted by Crippen LogP contribution is 2.25. The summed E-state index contributed by atoms with van der Waals surface area (Å²) in [4.78, 5) is 21.2. The summed E-state index contributed by atoms with van der Waals surface area (Å²) in [6.07, 6.45) is 2.75. The largest absolute Gasteiger partial charge is 0.340 e. The number of nitrogens with zero attached hydrogens (tertiary/aromatic N) is 3. The third-order valence-electron chi connectivity index (χ3n) is 4.50. The lowest BCUT2D eigenvalue weighted by Gasteiger charge is -2.34. The van der Waals surface area contributed by atoms with E-state index in [4.69, 9.17) is 16.6 Å². The summed E-state index contributed by atoms with van der Waals surface area (Å²) < 4.78 is 0. The molecule has 0 N–H and O–H groups in total.